The number of nitrogens with two attached hydrogens (primary N) is 1. The van der Waals surface area contributed by atoms with Crippen molar-refractivity contribution in [3.63, 3.8) is 0 Å². The number of rotatable bonds is 2. The summed E-state index contributed by atoms with van der Waals surface area (Å²) in [6, 6.07) is 1.93. The van der Waals surface area contributed by atoms with E-state index in [2.05, 4.69) is 15.9 Å². The molecule has 1 aliphatic rings. The second kappa shape index (κ2) is 5.54. The molecule has 0 bridgehead atoms. The van der Waals surface area contributed by atoms with Crippen LogP contribution in [0.25, 0.3) is 0 Å². The molecule has 1 amide bonds. The first-order valence-corrected chi connectivity index (χ1v) is 6.89. The van der Waals surface area contributed by atoms with Gasteiger partial charge < -0.3 is 10.6 Å². The van der Waals surface area contributed by atoms with E-state index in [1.807, 2.05) is 6.92 Å². The van der Waals surface area contributed by atoms with Crippen LogP contribution in [-0.4, -0.2) is 29.9 Å². The number of carbonyl (C=O) groups excluding carboxylic acids is 1. The lowest BCUT2D eigenvalue weighted by atomic mass is 10.0. The van der Waals surface area contributed by atoms with E-state index in [1.165, 1.54) is 0 Å². The SMILES string of the molecule is CC(N)C1CCN(C(=O)c2cc(F)c(F)cc2Br)C1. The summed E-state index contributed by atoms with van der Waals surface area (Å²) in [6.07, 6.45) is 0.838. The van der Waals surface area contributed by atoms with Gasteiger partial charge in [0, 0.05) is 23.6 Å². The number of benzene rings is 1. The molecule has 2 N–H and O–H groups in total. The van der Waals surface area contributed by atoms with E-state index < -0.39 is 11.6 Å². The lowest BCUT2D eigenvalue weighted by molar-refractivity contribution is 0.0784. The Hall–Kier alpha value is -1.01. The smallest absolute Gasteiger partial charge is 0.255 e. The minimum atomic E-state index is -1.02. The molecule has 6 heteroatoms. The number of carbonyl (C=O) groups is 1. The molecule has 1 aromatic rings. The van der Waals surface area contributed by atoms with Gasteiger partial charge in [-0.2, -0.15) is 0 Å². The van der Waals surface area contributed by atoms with Crippen molar-refractivity contribution in [1.29, 1.82) is 0 Å². The highest BCUT2D eigenvalue weighted by atomic mass is 79.9. The highest BCUT2D eigenvalue weighted by molar-refractivity contribution is 9.10. The molecule has 104 valence electrons. The molecule has 0 radical (unpaired) electrons. The topological polar surface area (TPSA) is 46.3 Å². The molecule has 2 rings (SSSR count). The minimum Gasteiger partial charge on any atom is -0.338 e. The number of amides is 1. The third-order valence-electron chi connectivity index (χ3n) is 3.50. The van der Waals surface area contributed by atoms with Gasteiger partial charge in [0.25, 0.3) is 5.91 Å². The third-order valence-corrected chi connectivity index (χ3v) is 4.15. The lowest BCUT2D eigenvalue weighted by Crippen LogP contribution is -2.33. The fraction of sp³-hybridized carbons (Fsp3) is 0.462. The van der Waals surface area contributed by atoms with Crippen LogP contribution in [-0.2, 0) is 0 Å². The van der Waals surface area contributed by atoms with Gasteiger partial charge in [0.15, 0.2) is 11.6 Å². The summed E-state index contributed by atoms with van der Waals surface area (Å²) < 4.78 is 26.5. The quantitative estimate of drug-likeness (QED) is 0.846. The lowest BCUT2D eigenvalue weighted by Gasteiger charge is -2.19. The van der Waals surface area contributed by atoms with E-state index in [4.69, 9.17) is 5.73 Å². The van der Waals surface area contributed by atoms with Gasteiger partial charge in [0.05, 0.1) is 5.56 Å². The van der Waals surface area contributed by atoms with Crippen LogP contribution in [0.15, 0.2) is 16.6 Å². The first-order chi connectivity index (χ1) is 8.90. The molecular formula is C13H15BrF2N2O. The largest absolute Gasteiger partial charge is 0.338 e. The molecule has 2 atom stereocenters. The number of likely N-dealkylation sites (tertiary alicyclic amines) is 1. The Morgan fingerprint density at radius 1 is 1.47 bits per heavy atom. The first kappa shape index (κ1) is 14.4. The van der Waals surface area contributed by atoms with E-state index in [-0.39, 0.29) is 27.9 Å². The van der Waals surface area contributed by atoms with E-state index in [0.717, 1.165) is 18.6 Å². The molecule has 19 heavy (non-hydrogen) atoms. The number of nitrogens with zero attached hydrogens (tertiary/aromatic N) is 1. The molecule has 0 saturated carbocycles. The van der Waals surface area contributed by atoms with Crippen LogP contribution in [0.5, 0.6) is 0 Å². The summed E-state index contributed by atoms with van der Waals surface area (Å²) in [6.45, 7) is 3.06. The van der Waals surface area contributed by atoms with Crippen molar-refractivity contribution in [1.82, 2.24) is 4.90 Å². The van der Waals surface area contributed by atoms with Gasteiger partial charge in [0.1, 0.15) is 0 Å². The normalized spacial score (nSPS) is 20.7. The molecule has 2 unspecified atom stereocenters. The van der Waals surface area contributed by atoms with E-state index in [9.17, 15) is 13.6 Å². The van der Waals surface area contributed by atoms with Crippen molar-refractivity contribution in [3.8, 4) is 0 Å². The van der Waals surface area contributed by atoms with Gasteiger partial charge in [0.2, 0.25) is 0 Å². The fourth-order valence-corrected chi connectivity index (χ4v) is 2.74. The van der Waals surface area contributed by atoms with Crippen LogP contribution in [0.4, 0.5) is 8.78 Å². The Kier molecular flexibility index (Phi) is 4.20. The summed E-state index contributed by atoms with van der Waals surface area (Å²) in [5.74, 6) is -2.03. The predicted molar refractivity (Wildman–Crippen MR) is 71.7 cm³/mol. The third kappa shape index (κ3) is 2.95. The zero-order valence-corrected chi connectivity index (χ0v) is 12.1. The molecular weight excluding hydrogens is 318 g/mol. The Morgan fingerprint density at radius 2 is 2.11 bits per heavy atom. The van der Waals surface area contributed by atoms with E-state index >= 15 is 0 Å². The number of hydrogen-bond donors (Lipinski definition) is 1. The molecule has 3 nitrogen and oxygen atoms in total. The Balaban J connectivity index is 2.19. The summed E-state index contributed by atoms with van der Waals surface area (Å²) in [4.78, 5) is 13.9. The highest BCUT2D eigenvalue weighted by Gasteiger charge is 2.30. The average molecular weight is 333 g/mol. The van der Waals surface area contributed by atoms with Crippen LogP contribution in [0.3, 0.4) is 0 Å². The van der Waals surface area contributed by atoms with Gasteiger partial charge >= 0.3 is 0 Å². The Bertz CT molecular complexity index is 508. The van der Waals surface area contributed by atoms with Crippen LogP contribution in [0, 0.1) is 17.6 Å². The summed E-state index contributed by atoms with van der Waals surface area (Å²) >= 11 is 3.09. The molecule has 0 aliphatic carbocycles. The monoisotopic (exact) mass is 332 g/mol. The second-order valence-electron chi connectivity index (χ2n) is 4.91. The molecule has 1 fully saturated rings. The van der Waals surface area contributed by atoms with Gasteiger partial charge in [-0.25, -0.2) is 8.78 Å². The van der Waals surface area contributed by atoms with Gasteiger partial charge in [-0.15, -0.1) is 0 Å². The average Bonchev–Trinajstić information content (AvgIpc) is 2.82. The summed E-state index contributed by atoms with van der Waals surface area (Å²) in [5, 5.41) is 0. The minimum absolute atomic E-state index is 0.0196. The van der Waals surface area contributed by atoms with Crippen molar-refractivity contribution < 1.29 is 13.6 Å². The van der Waals surface area contributed by atoms with Crippen molar-refractivity contribution >= 4 is 21.8 Å². The van der Waals surface area contributed by atoms with Crippen molar-refractivity contribution in [3.05, 3.63) is 33.8 Å². The maximum Gasteiger partial charge on any atom is 0.255 e. The fourth-order valence-electron chi connectivity index (χ4n) is 2.26. The van der Waals surface area contributed by atoms with Crippen molar-refractivity contribution in [2.24, 2.45) is 11.7 Å². The van der Waals surface area contributed by atoms with Crippen molar-refractivity contribution in [2.45, 2.75) is 19.4 Å². The number of hydrogen-bond acceptors (Lipinski definition) is 2. The van der Waals surface area contributed by atoms with Crippen LogP contribution >= 0.6 is 15.9 Å². The maximum absolute atomic E-state index is 13.2. The van der Waals surface area contributed by atoms with Gasteiger partial charge in [-0.1, -0.05) is 0 Å². The van der Waals surface area contributed by atoms with E-state index in [0.29, 0.717) is 13.1 Å². The second-order valence-corrected chi connectivity index (χ2v) is 5.76. The predicted octanol–water partition coefficient (Wildman–Crippen LogP) is 2.54. The van der Waals surface area contributed by atoms with Crippen LogP contribution in [0.2, 0.25) is 0 Å². The molecule has 0 aromatic heterocycles. The van der Waals surface area contributed by atoms with Gasteiger partial charge in [-0.05, 0) is 47.3 Å². The first-order valence-electron chi connectivity index (χ1n) is 6.09. The highest BCUT2D eigenvalue weighted by Crippen LogP contribution is 2.25. The molecule has 1 heterocycles. The van der Waals surface area contributed by atoms with Crippen LogP contribution < -0.4 is 5.73 Å². The van der Waals surface area contributed by atoms with Gasteiger partial charge in [-0.3, -0.25) is 4.79 Å². The molecule has 1 aliphatic heterocycles. The van der Waals surface area contributed by atoms with Crippen LogP contribution in [0.1, 0.15) is 23.7 Å². The standard InChI is InChI=1S/C13H15BrF2N2O/c1-7(17)8-2-3-18(6-8)13(19)9-4-11(15)12(16)5-10(9)14/h4-5,7-8H,2-3,6,17H2,1H3. The molecule has 1 aromatic carbocycles. The maximum atomic E-state index is 13.2. The zero-order valence-electron chi connectivity index (χ0n) is 10.5. The molecule has 1 saturated heterocycles. The number of halogens is 3. The van der Waals surface area contributed by atoms with E-state index in [1.54, 1.807) is 4.90 Å². The molecule has 0 spiro atoms. The van der Waals surface area contributed by atoms with Crippen molar-refractivity contribution in [2.75, 3.05) is 13.1 Å². The summed E-state index contributed by atoms with van der Waals surface area (Å²) in [5.41, 5.74) is 5.96. The Labute approximate surface area is 118 Å². The zero-order chi connectivity index (χ0) is 14.2. The Morgan fingerprint density at radius 3 is 2.68 bits per heavy atom. The summed E-state index contributed by atoms with van der Waals surface area (Å²) in [7, 11) is 0.